The zero-order chi connectivity index (χ0) is 10.1. The lowest BCUT2D eigenvalue weighted by molar-refractivity contribution is -0.136. The van der Waals surface area contributed by atoms with E-state index in [9.17, 15) is 18.0 Å². The van der Waals surface area contributed by atoms with Gasteiger partial charge in [-0.05, 0) is 12.1 Å². The fraction of sp³-hybridized carbons (Fsp3) is 0.125. The summed E-state index contributed by atoms with van der Waals surface area (Å²) >= 11 is 0. The first-order valence-electron chi connectivity index (χ1n) is 3.37. The van der Waals surface area contributed by atoms with Crippen molar-refractivity contribution in [3.05, 3.63) is 29.3 Å². The Morgan fingerprint density at radius 1 is 1.31 bits per heavy atom. The molecule has 0 fully saturated rings. The van der Waals surface area contributed by atoms with Gasteiger partial charge < -0.3 is 5.73 Å². The van der Waals surface area contributed by atoms with Crippen molar-refractivity contribution < 1.29 is 18.0 Å². The number of para-hydroxylation sites is 1. The first-order chi connectivity index (χ1) is 5.96. The fourth-order valence-electron chi connectivity index (χ4n) is 0.933. The van der Waals surface area contributed by atoms with Gasteiger partial charge in [-0.25, -0.2) is 0 Å². The minimum Gasteiger partial charge on any atom is -0.398 e. The molecule has 70 valence electrons. The van der Waals surface area contributed by atoms with Crippen LogP contribution in [0.5, 0.6) is 0 Å². The van der Waals surface area contributed by atoms with E-state index in [4.69, 9.17) is 5.73 Å². The smallest absolute Gasteiger partial charge is 0.398 e. The highest BCUT2D eigenvalue weighted by Gasteiger charge is 2.33. The number of aldehydes is 1. The van der Waals surface area contributed by atoms with Gasteiger partial charge in [0.15, 0.2) is 6.29 Å². The van der Waals surface area contributed by atoms with E-state index in [2.05, 4.69) is 0 Å². The highest BCUT2D eigenvalue weighted by molar-refractivity contribution is 5.84. The van der Waals surface area contributed by atoms with E-state index < -0.39 is 17.4 Å². The number of hydrogen-bond donors (Lipinski definition) is 1. The van der Waals surface area contributed by atoms with E-state index in [1.54, 1.807) is 0 Å². The summed E-state index contributed by atoms with van der Waals surface area (Å²) < 4.78 is 36.5. The molecule has 0 aliphatic carbocycles. The zero-order valence-electron chi connectivity index (χ0n) is 6.43. The molecular formula is C8H6F3NO. The molecule has 13 heavy (non-hydrogen) atoms. The molecule has 5 heteroatoms. The number of nitrogen functional groups attached to an aromatic ring is 1. The van der Waals surface area contributed by atoms with E-state index in [1.165, 1.54) is 6.07 Å². The number of benzene rings is 1. The SMILES string of the molecule is Nc1c(C=O)cccc1C(F)(F)F. The number of hydrogen-bond acceptors (Lipinski definition) is 2. The van der Waals surface area contributed by atoms with Gasteiger partial charge in [-0.1, -0.05) is 6.07 Å². The van der Waals surface area contributed by atoms with Crippen LogP contribution in [0, 0.1) is 0 Å². The molecule has 0 aliphatic heterocycles. The number of nitrogens with two attached hydrogens (primary N) is 1. The van der Waals surface area contributed by atoms with Crippen LogP contribution < -0.4 is 5.73 Å². The molecule has 0 aliphatic rings. The number of anilines is 1. The number of carbonyl (C=O) groups excluding carboxylic acids is 1. The molecule has 0 spiro atoms. The second-order valence-corrected chi connectivity index (χ2v) is 2.42. The molecule has 2 nitrogen and oxygen atoms in total. The van der Waals surface area contributed by atoms with Gasteiger partial charge in [0, 0.05) is 5.56 Å². The largest absolute Gasteiger partial charge is 0.418 e. The molecule has 0 saturated carbocycles. The van der Waals surface area contributed by atoms with Crippen LogP contribution in [0.4, 0.5) is 18.9 Å². The molecule has 1 aromatic rings. The number of halogens is 3. The molecule has 0 radical (unpaired) electrons. The Morgan fingerprint density at radius 2 is 1.92 bits per heavy atom. The fourth-order valence-corrected chi connectivity index (χ4v) is 0.933. The molecule has 1 rings (SSSR count). The minimum absolute atomic E-state index is 0.144. The summed E-state index contributed by atoms with van der Waals surface area (Å²) in [6.07, 6.45) is -4.21. The number of alkyl halides is 3. The monoisotopic (exact) mass is 189 g/mol. The lowest BCUT2D eigenvalue weighted by atomic mass is 10.1. The van der Waals surface area contributed by atoms with E-state index in [0.717, 1.165) is 12.1 Å². The van der Waals surface area contributed by atoms with Crippen molar-refractivity contribution in [1.82, 2.24) is 0 Å². The van der Waals surface area contributed by atoms with Crippen LogP contribution in [0.25, 0.3) is 0 Å². The summed E-state index contributed by atoms with van der Waals surface area (Å²) in [6.45, 7) is 0. The van der Waals surface area contributed by atoms with Gasteiger partial charge in [0.1, 0.15) is 0 Å². The average molecular weight is 189 g/mol. The third-order valence-corrected chi connectivity index (χ3v) is 1.57. The Morgan fingerprint density at radius 3 is 2.38 bits per heavy atom. The van der Waals surface area contributed by atoms with Gasteiger partial charge in [0.2, 0.25) is 0 Å². The molecule has 1 aromatic carbocycles. The normalized spacial score (nSPS) is 11.3. The molecule has 2 N–H and O–H groups in total. The van der Waals surface area contributed by atoms with Gasteiger partial charge in [0.25, 0.3) is 0 Å². The summed E-state index contributed by atoms with van der Waals surface area (Å²) in [5.74, 6) is 0. The molecule has 0 aromatic heterocycles. The standard InChI is InChI=1S/C8H6F3NO/c9-8(10,11)6-3-1-2-5(4-13)7(6)12/h1-4H,12H2. The van der Waals surface area contributed by atoms with E-state index in [0.29, 0.717) is 6.29 Å². The zero-order valence-corrected chi connectivity index (χ0v) is 6.43. The van der Waals surface area contributed by atoms with Gasteiger partial charge in [0.05, 0.1) is 11.3 Å². The lowest BCUT2D eigenvalue weighted by Gasteiger charge is -2.10. The van der Waals surface area contributed by atoms with Gasteiger partial charge in [-0.3, -0.25) is 4.79 Å². The highest BCUT2D eigenvalue weighted by Crippen LogP contribution is 2.34. The van der Waals surface area contributed by atoms with Crippen LogP contribution in [-0.2, 0) is 6.18 Å². The van der Waals surface area contributed by atoms with Crippen LogP contribution in [0.15, 0.2) is 18.2 Å². The second-order valence-electron chi connectivity index (χ2n) is 2.42. The molecule has 0 atom stereocenters. The third kappa shape index (κ3) is 1.80. The molecule has 0 heterocycles. The summed E-state index contributed by atoms with van der Waals surface area (Å²) in [4.78, 5) is 10.3. The van der Waals surface area contributed by atoms with Crippen molar-refractivity contribution in [2.45, 2.75) is 6.18 Å². The van der Waals surface area contributed by atoms with Crippen molar-refractivity contribution in [3.8, 4) is 0 Å². The summed E-state index contributed by atoms with van der Waals surface area (Å²) in [7, 11) is 0. The van der Waals surface area contributed by atoms with Gasteiger partial charge >= 0.3 is 6.18 Å². The summed E-state index contributed by atoms with van der Waals surface area (Å²) in [5, 5.41) is 0. The predicted molar refractivity (Wildman–Crippen MR) is 41.2 cm³/mol. The molecule has 0 saturated heterocycles. The van der Waals surface area contributed by atoms with E-state index in [1.807, 2.05) is 0 Å². The van der Waals surface area contributed by atoms with Gasteiger partial charge in [-0.15, -0.1) is 0 Å². The first-order valence-corrected chi connectivity index (χ1v) is 3.37. The maximum absolute atomic E-state index is 12.2. The Bertz CT molecular complexity index is 333. The Labute approximate surface area is 72.2 Å². The summed E-state index contributed by atoms with van der Waals surface area (Å²) in [5.41, 5.74) is 3.49. The topological polar surface area (TPSA) is 43.1 Å². The predicted octanol–water partition coefficient (Wildman–Crippen LogP) is 2.10. The van der Waals surface area contributed by atoms with Gasteiger partial charge in [-0.2, -0.15) is 13.2 Å². The van der Waals surface area contributed by atoms with Crippen LogP contribution in [0.2, 0.25) is 0 Å². The second kappa shape index (κ2) is 3.08. The quantitative estimate of drug-likeness (QED) is 0.543. The molecular weight excluding hydrogens is 183 g/mol. The average Bonchev–Trinajstić information content (AvgIpc) is 2.02. The van der Waals surface area contributed by atoms with Crippen molar-refractivity contribution in [2.75, 3.05) is 5.73 Å². The lowest BCUT2D eigenvalue weighted by Crippen LogP contribution is -2.10. The number of rotatable bonds is 1. The molecule has 0 unspecified atom stereocenters. The van der Waals surface area contributed by atoms with E-state index in [-0.39, 0.29) is 5.56 Å². The minimum atomic E-state index is -4.51. The Kier molecular flexibility index (Phi) is 2.27. The maximum Gasteiger partial charge on any atom is 0.418 e. The van der Waals surface area contributed by atoms with Crippen LogP contribution in [0.3, 0.4) is 0 Å². The highest BCUT2D eigenvalue weighted by atomic mass is 19.4. The van der Waals surface area contributed by atoms with Crippen molar-refractivity contribution in [2.24, 2.45) is 0 Å². The van der Waals surface area contributed by atoms with Crippen molar-refractivity contribution in [3.63, 3.8) is 0 Å². The van der Waals surface area contributed by atoms with Crippen LogP contribution in [-0.4, -0.2) is 6.29 Å². The maximum atomic E-state index is 12.2. The molecule has 0 bridgehead atoms. The van der Waals surface area contributed by atoms with Crippen molar-refractivity contribution in [1.29, 1.82) is 0 Å². The number of carbonyl (C=O) groups is 1. The van der Waals surface area contributed by atoms with E-state index >= 15 is 0 Å². The van der Waals surface area contributed by atoms with Crippen LogP contribution >= 0.6 is 0 Å². The third-order valence-electron chi connectivity index (χ3n) is 1.57. The molecule has 0 amide bonds. The van der Waals surface area contributed by atoms with Crippen LogP contribution in [0.1, 0.15) is 15.9 Å². The Balaban J connectivity index is 3.32. The Hall–Kier alpha value is -1.52. The van der Waals surface area contributed by atoms with Crippen molar-refractivity contribution >= 4 is 12.0 Å². The summed E-state index contributed by atoms with van der Waals surface area (Å²) in [6, 6.07) is 3.21. The first kappa shape index (κ1) is 9.57.